The number of hydrogen-bond donors (Lipinski definition) is 1. The van der Waals surface area contributed by atoms with Gasteiger partial charge in [0.2, 0.25) is 0 Å². The first-order valence-electron chi connectivity index (χ1n) is 7.09. The van der Waals surface area contributed by atoms with Gasteiger partial charge < -0.3 is 9.84 Å². The van der Waals surface area contributed by atoms with Crippen molar-refractivity contribution in [2.75, 3.05) is 17.5 Å². The minimum atomic E-state index is -3.77. The number of fused-ring (bicyclic) bond motifs is 1. The van der Waals surface area contributed by atoms with Crippen molar-refractivity contribution in [3.63, 3.8) is 0 Å². The normalized spacial score (nSPS) is 17.5. The van der Waals surface area contributed by atoms with Gasteiger partial charge in [-0.1, -0.05) is 35.4 Å². The van der Waals surface area contributed by atoms with Gasteiger partial charge in [0.15, 0.2) is 5.75 Å². The van der Waals surface area contributed by atoms with Gasteiger partial charge in [-0.2, -0.15) is 0 Å². The van der Waals surface area contributed by atoms with E-state index >= 15 is 0 Å². The fourth-order valence-corrected chi connectivity index (χ4v) is 4.17. The predicted molar refractivity (Wildman–Crippen MR) is 88.7 cm³/mol. The molecule has 23 heavy (non-hydrogen) atoms. The van der Waals surface area contributed by atoms with Gasteiger partial charge in [0.25, 0.3) is 10.0 Å². The number of halogens is 1. The summed E-state index contributed by atoms with van der Waals surface area (Å²) in [4.78, 5) is 0.188. The number of sulfonamides is 1. The molecule has 1 heterocycles. The van der Waals surface area contributed by atoms with Gasteiger partial charge in [0.1, 0.15) is 6.10 Å². The highest BCUT2D eigenvalue weighted by Gasteiger charge is 2.35. The predicted octanol–water partition coefficient (Wildman–Crippen LogP) is 2.60. The molecule has 122 valence electrons. The van der Waals surface area contributed by atoms with Gasteiger partial charge in [-0.3, -0.25) is 4.31 Å². The zero-order chi connectivity index (χ0) is 16.6. The molecule has 3 rings (SSSR count). The Labute approximate surface area is 140 Å². The van der Waals surface area contributed by atoms with Crippen LogP contribution in [0, 0.1) is 6.92 Å². The Hall–Kier alpha value is -1.76. The molecule has 1 aliphatic rings. The van der Waals surface area contributed by atoms with Crippen LogP contribution in [0.1, 0.15) is 5.56 Å². The number of aliphatic hydroxyl groups excluding tert-OH is 1. The Bertz CT molecular complexity index is 820. The summed E-state index contributed by atoms with van der Waals surface area (Å²) < 4.78 is 32.8. The number of para-hydroxylation sites is 1. The minimum Gasteiger partial charge on any atom is -0.482 e. The lowest BCUT2D eigenvalue weighted by Gasteiger charge is -2.35. The summed E-state index contributed by atoms with van der Waals surface area (Å²) in [6, 6.07) is 11.6. The second-order valence-corrected chi connectivity index (χ2v) is 7.63. The third-order valence-corrected chi connectivity index (χ3v) is 5.77. The molecule has 0 radical (unpaired) electrons. The summed E-state index contributed by atoms with van der Waals surface area (Å²) >= 11 is 6.12. The highest BCUT2D eigenvalue weighted by molar-refractivity contribution is 7.92. The Balaban J connectivity index is 2.11. The highest BCUT2D eigenvalue weighted by Crippen LogP contribution is 2.41. The number of nitrogens with zero attached hydrogens (tertiary/aromatic N) is 1. The zero-order valence-corrected chi connectivity index (χ0v) is 14.0. The van der Waals surface area contributed by atoms with Gasteiger partial charge in [-0.05, 0) is 31.2 Å². The summed E-state index contributed by atoms with van der Waals surface area (Å²) in [7, 11) is -3.77. The van der Waals surface area contributed by atoms with Crippen molar-refractivity contribution in [1.82, 2.24) is 0 Å². The van der Waals surface area contributed by atoms with E-state index in [4.69, 9.17) is 16.3 Å². The van der Waals surface area contributed by atoms with Crippen LogP contribution >= 0.6 is 11.6 Å². The summed E-state index contributed by atoms with van der Waals surface area (Å²) in [5.74, 6) is 0.273. The molecule has 0 fully saturated rings. The van der Waals surface area contributed by atoms with Crippen LogP contribution in [0.25, 0.3) is 0 Å². The van der Waals surface area contributed by atoms with Crippen molar-refractivity contribution >= 4 is 27.3 Å². The van der Waals surface area contributed by atoms with E-state index in [-0.39, 0.29) is 23.8 Å². The van der Waals surface area contributed by atoms with Crippen LogP contribution in [-0.4, -0.2) is 32.8 Å². The molecule has 1 N–H and O–H groups in total. The van der Waals surface area contributed by atoms with Gasteiger partial charge in [-0.25, -0.2) is 8.42 Å². The second-order valence-electron chi connectivity index (χ2n) is 5.36. The van der Waals surface area contributed by atoms with Crippen LogP contribution in [0.2, 0.25) is 5.02 Å². The highest BCUT2D eigenvalue weighted by atomic mass is 35.5. The molecular weight excluding hydrogens is 338 g/mol. The molecule has 0 bridgehead atoms. The fourth-order valence-electron chi connectivity index (χ4n) is 2.46. The number of hydrogen-bond acceptors (Lipinski definition) is 4. The van der Waals surface area contributed by atoms with Crippen molar-refractivity contribution in [3.05, 3.63) is 53.1 Å². The molecule has 5 nitrogen and oxygen atoms in total. The smallest absolute Gasteiger partial charge is 0.264 e. The third-order valence-electron chi connectivity index (χ3n) is 3.68. The van der Waals surface area contributed by atoms with Gasteiger partial charge in [0.05, 0.1) is 28.8 Å². The molecule has 0 spiro atoms. The average Bonchev–Trinajstić information content (AvgIpc) is 2.54. The molecule has 0 saturated heterocycles. The number of aryl methyl sites for hydroxylation is 1. The molecule has 0 aromatic heterocycles. The SMILES string of the molecule is Cc1ccc(S(=O)(=O)N2CC(CO)Oc3c(Cl)cccc32)cc1. The van der Waals surface area contributed by atoms with Crippen LogP contribution in [0.4, 0.5) is 5.69 Å². The van der Waals surface area contributed by atoms with Gasteiger partial charge >= 0.3 is 0 Å². The lowest BCUT2D eigenvalue weighted by atomic mass is 10.2. The first-order chi connectivity index (χ1) is 10.9. The van der Waals surface area contributed by atoms with Crippen LogP contribution in [0.15, 0.2) is 47.4 Å². The van der Waals surface area contributed by atoms with E-state index in [9.17, 15) is 13.5 Å². The van der Waals surface area contributed by atoms with E-state index < -0.39 is 16.1 Å². The van der Waals surface area contributed by atoms with Crippen LogP contribution in [0.3, 0.4) is 0 Å². The number of rotatable bonds is 3. The van der Waals surface area contributed by atoms with Gasteiger partial charge in [0, 0.05) is 0 Å². The average molecular weight is 354 g/mol. The molecule has 0 amide bonds. The number of aliphatic hydroxyl groups is 1. The molecule has 7 heteroatoms. The van der Waals surface area contributed by atoms with Crippen LogP contribution < -0.4 is 9.04 Å². The summed E-state index contributed by atoms with van der Waals surface area (Å²) in [6.45, 7) is 1.62. The molecule has 0 saturated carbocycles. The standard InChI is InChI=1S/C16H16ClNO4S/c1-11-5-7-13(8-6-11)23(20,21)18-9-12(10-19)22-16-14(17)3-2-4-15(16)18/h2-8,12,19H,9-10H2,1H3. The molecule has 1 aliphatic heterocycles. The molecule has 1 unspecified atom stereocenters. The van der Waals surface area contributed by atoms with E-state index in [1.807, 2.05) is 6.92 Å². The number of ether oxygens (including phenoxy) is 1. The third kappa shape index (κ3) is 2.89. The van der Waals surface area contributed by atoms with Crippen molar-refractivity contribution < 1.29 is 18.3 Å². The number of anilines is 1. The Morgan fingerprint density at radius 2 is 1.96 bits per heavy atom. The van der Waals surface area contributed by atoms with Crippen molar-refractivity contribution in [2.24, 2.45) is 0 Å². The molecule has 2 aromatic carbocycles. The van der Waals surface area contributed by atoms with E-state index in [0.29, 0.717) is 10.7 Å². The molecule has 0 aliphatic carbocycles. The van der Waals surface area contributed by atoms with Crippen LogP contribution in [-0.2, 0) is 10.0 Å². The van der Waals surface area contributed by atoms with E-state index in [1.165, 1.54) is 4.31 Å². The van der Waals surface area contributed by atoms with E-state index in [2.05, 4.69) is 0 Å². The minimum absolute atomic E-state index is 0.0278. The summed E-state index contributed by atoms with van der Waals surface area (Å²) in [5.41, 5.74) is 1.35. The van der Waals surface area contributed by atoms with Gasteiger partial charge in [-0.15, -0.1) is 0 Å². The second kappa shape index (κ2) is 6.03. The first-order valence-corrected chi connectivity index (χ1v) is 8.90. The van der Waals surface area contributed by atoms with E-state index in [1.54, 1.807) is 42.5 Å². The Kier molecular flexibility index (Phi) is 4.23. The van der Waals surface area contributed by atoms with Crippen molar-refractivity contribution in [3.8, 4) is 5.75 Å². The van der Waals surface area contributed by atoms with Crippen molar-refractivity contribution in [2.45, 2.75) is 17.9 Å². The topological polar surface area (TPSA) is 66.8 Å². The molecular formula is C16H16ClNO4S. The lowest BCUT2D eigenvalue weighted by Crippen LogP contribution is -2.45. The maximum absolute atomic E-state index is 13.0. The molecule has 1 atom stereocenters. The van der Waals surface area contributed by atoms with E-state index in [0.717, 1.165) is 5.56 Å². The fraction of sp³-hybridized carbons (Fsp3) is 0.250. The maximum atomic E-state index is 13.0. The van der Waals surface area contributed by atoms with Crippen molar-refractivity contribution in [1.29, 1.82) is 0 Å². The first kappa shape index (κ1) is 16.1. The quantitative estimate of drug-likeness (QED) is 0.921. The lowest BCUT2D eigenvalue weighted by molar-refractivity contribution is 0.116. The Morgan fingerprint density at radius 3 is 2.61 bits per heavy atom. The Morgan fingerprint density at radius 1 is 1.26 bits per heavy atom. The largest absolute Gasteiger partial charge is 0.482 e. The number of benzene rings is 2. The summed E-state index contributed by atoms with van der Waals surface area (Å²) in [6.07, 6.45) is -0.664. The monoisotopic (exact) mass is 353 g/mol. The zero-order valence-electron chi connectivity index (χ0n) is 12.4. The maximum Gasteiger partial charge on any atom is 0.264 e. The summed E-state index contributed by atoms with van der Waals surface area (Å²) in [5, 5.41) is 9.72. The molecule has 2 aromatic rings. The van der Waals surface area contributed by atoms with Crippen LogP contribution in [0.5, 0.6) is 5.75 Å².